The molecule has 0 spiro atoms. The normalized spacial score (nSPS) is 15.7. The molecule has 1 aliphatic rings. The van der Waals surface area contributed by atoms with Gasteiger partial charge in [-0.3, -0.25) is 4.79 Å². The van der Waals surface area contributed by atoms with Crippen molar-refractivity contribution in [3.8, 4) is 0 Å². The molecule has 0 bridgehead atoms. The van der Waals surface area contributed by atoms with E-state index in [9.17, 15) is 9.90 Å². The van der Waals surface area contributed by atoms with Gasteiger partial charge >= 0.3 is 5.97 Å². The number of allylic oxidation sites excluding steroid dienone is 1. The molecule has 3 nitrogen and oxygen atoms in total. The molecule has 1 unspecified atom stereocenters. The Balaban J connectivity index is 1.41. The molecule has 26 heavy (non-hydrogen) atoms. The molecule has 1 aliphatic carbocycles. The molecule has 0 aromatic heterocycles. The van der Waals surface area contributed by atoms with Crippen LogP contribution in [0, 0.1) is 0 Å². The summed E-state index contributed by atoms with van der Waals surface area (Å²) in [6.45, 7) is 0. The monoisotopic (exact) mass is 358 g/mol. The summed E-state index contributed by atoms with van der Waals surface area (Å²) in [5, 5.41) is 18.6. The van der Waals surface area contributed by atoms with Crippen molar-refractivity contribution in [3.63, 3.8) is 0 Å². The Hall–Kier alpha value is -1.61. The molecule has 0 saturated carbocycles. The molecule has 2 rings (SSSR count). The second-order valence-corrected chi connectivity index (χ2v) is 7.51. The van der Waals surface area contributed by atoms with E-state index >= 15 is 0 Å². The third-order valence-corrected chi connectivity index (χ3v) is 5.32. The number of carbonyl (C=O) groups is 1. The molecule has 0 saturated heterocycles. The zero-order valence-corrected chi connectivity index (χ0v) is 16.0. The van der Waals surface area contributed by atoms with Crippen LogP contribution in [0.15, 0.2) is 30.3 Å². The first kappa shape index (κ1) is 20.7. The van der Waals surface area contributed by atoms with Crippen LogP contribution in [-0.4, -0.2) is 16.2 Å². The van der Waals surface area contributed by atoms with Gasteiger partial charge in [-0.2, -0.15) is 0 Å². The molecule has 0 aliphatic heterocycles. The topological polar surface area (TPSA) is 57.5 Å². The van der Waals surface area contributed by atoms with Crippen molar-refractivity contribution in [2.45, 2.75) is 89.6 Å². The number of aliphatic carboxylic acids is 1. The maximum atomic E-state index is 10.4. The number of carboxylic acids is 1. The third-order valence-electron chi connectivity index (χ3n) is 5.32. The predicted octanol–water partition coefficient (Wildman–Crippen LogP) is 6.27. The van der Waals surface area contributed by atoms with Crippen molar-refractivity contribution < 1.29 is 15.0 Å². The van der Waals surface area contributed by atoms with Crippen LogP contribution in [0.25, 0.3) is 5.57 Å². The van der Waals surface area contributed by atoms with Gasteiger partial charge in [-0.15, -0.1) is 0 Å². The average Bonchev–Trinajstić information content (AvgIpc) is 2.95. The molecule has 0 heterocycles. The summed E-state index contributed by atoms with van der Waals surface area (Å²) in [5.41, 5.74) is 3.62. The van der Waals surface area contributed by atoms with Gasteiger partial charge in [0, 0.05) is 6.42 Å². The summed E-state index contributed by atoms with van der Waals surface area (Å²) in [7, 11) is 0. The first-order valence-electron chi connectivity index (χ1n) is 10.4. The number of aliphatic hydroxyl groups excluding tert-OH is 1. The van der Waals surface area contributed by atoms with Gasteiger partial charge in [-0.25, -0.2) is 0 Å². The molecule has 3 heteroatoms. The Morgan fingerprint density at radius 1 is 0.808 bits per heavy atom. The van der Waals surface area contributed by atoms with E-state index in [1.807, 2.05) is 18.2 Å². The second kappa shape index (κ2) is 11.9. The van der Waals surface area contributed by atoms with Gasteiger partial charge in [0.15, 0.2) is 0 Å². The van der Waals surface area contributed by atoms with E-state index in [-0.39, 0.29) is 0 Å². The lowest BCUT2D eigenvalue weighted by molar-refractivity contribution is -0.137. The highest BCUT2D eigenvalue weighted by molar-refractivity contribution is 5.74. The lowest BCUT2D eigenvalue weighted by Gasteiger charge is -2.06. The van der Waals surface area contributed by atoms with Gasteiger partial charge in [-0.1, -0.05) is 82.1 Å². The first-order chi connectivity index (χ1) is 12.7. The van der Waals surface area contributed by atoms with Crippen LogP contribution in [0.1, 0.15) is 101 Å². The quantitative estimate of drug-likeness (QED) is 0.385. The molecular weight excluding hydrogens is 324 g/mol. The first-order valence-corrected chi connectivity index (χ1v) is 10.4. The summed E-state index contributed by atoms with van der Waals surface area (Å²) < 4.78 is 0. The Morgan fingerprint density at radius 3 is 1.96 bits per heavy atom. The van der Waals surface area contributed by atoms with E-state index in [2.05, 4.69) is 12.1 Å². The van der Waals surface area contributed by atoms with Crippen molar-refractivity contribution in [2.75, 3.05) is 0 Å². The second-order valence-electron chi connectivity index (χ2n) is 7.51. The maximum absolute atomic E-state index is 10.4. The Morgan fingerprint density at radius 2 is 1.35 bits per heavy atom. The minimum atomic E-state index is -0.672. The summed E-state index contributed by atoms with van der Waals surface area (Å²) in [5.74, 6) is -0.672. The van der Waals surface area contributed by atoms with E-state index < -0.39 is 12.1 Å². The number of hydrogen-bond acceptors (Lipinski definition) is 2. The van der Waals surface area contributed by atoms with E-state index in [0.717, 1.165) is 24.8 Å². The largest absolute Gasteiger partial charge is 0.481 e. The summed E-state index contributed by atoms with van der Waals surface area (Å²) in [4.78, 5) is 10.4. The van der Waals surface area contributed by atoms with Crippen LogP contribution in [0.4, 0.5) is 0 Å². The fourth-order valence-corrected chi connectivity index (χ4v) is 3.82. The number of rotatable bonds is 14. The smallest absolute Gasteiger partial charge is 0.303 e. The van der Waals surface area contributed by atoms with Gasteiger partial charge in [0.2, 0.25) is 0 Å². The van der Waals surface area contributed by atoms with Crippen molar-refractivity contribution in [1.29, 1.82) is 0 Å². The molecule has 1 aromatic carbocycles. The van der Waals surface area contributed by atoms with Crippen molar-refractivity contribution in [2.24, 2.45) is 0 Å². The molecule has 1 aromatic rings. The number of carboxylic acid groups (broad SMARTS) is 1. The number of fused-ring (bicyclic) bond motifs is 1. The molecule has 0 fully saturated rings. The maximum Gasteiger partial charge on any atom is 0.303 e. The molecule has 0 amide bonds. The minimum absolute atomic E-state index is 0.321. The van der Waals surface area contributed by atoms with Gasteiger partial charge in [0.1, 0.15) is 0 Å². The van der Waals surface area contributed by atoms with E-state index in [4.69, 9.17) is 5.11 Å². The lowest BCUT2D eigenvalue weighted by atomic mass is 9.99. The van der Waals surface area contributed by atoms with Crippen LogP contribution in [-0.2, 0) is 4.79 Å². The van der Waals surface area contributed by atoms with Crippen LogP contribution >= 0.6 is 0 Å². The SMILES string of the molecule is O=C(O)CCCCCCCCCCCCCC1=CC(O)c2ccccc21. The highest BCUT2D eigenvalue weighted by atomic mass is 16.4. The number of hydrogen-bond donors (Lipinski definition) is 2. The van der Waals surface area contributed by atoms with Crippen molar-refractivity contribution in [1.82, 2.24) is 0 Å². The third kappa shape index (κ3) is 7.33. The van der Waals surface area contributed by atoms with Gasteiger partial charge in [-0.05, 0) is 42.0 Å². The van der Waals surface area contributed by atoms with Gasteiger partial charge in [0.05, 0.1) is 6.10 Å². The minimum Gasteiger partial charge on any atom is -0.481 e. The van der Waals surface area contributed by atoms with E-state index in [1.54, 1.807) is 0 Å². The highest BCUT2D eigenvalue weighted by Gasteiger charge is 2.19. The molecule has 144 valence electrons. The average molecular weight is 359 g/mol. The van der Waals surface area contributed by atoms with E-state index in [1.165, 1.54) is 68.9 Å². The highest BCUT2D eigenvalue weighted by Crippen LogP contribution is 2.36. The summed E-state index contributed by atoms with van der Waals surface area (Å²) in [6.07, 6.45) is 16.3. The van der Waals surface area contributed by atoms with Crippen molar-refractivity contribution >= 4 is 11.5 Å². The zero-order valence-electron chi connectivity index (χ0n) is 16.0. The molecule has 0 radical (unpaired) electrons. The number of benzene rings is 1. The fourth-order valence-electron chi connectivity index (χ4n) is 3.82. The fraction of sp³-hybridized carbons (Fsp3) is 0.609. The van der Waals surface area contributed by atoms with Crippen LogP contribution in [0.5, 0.6) is 0 Å². The van der Waals surface area contributed by atoms with Crippen LogP contribution in [0.2, 0.25) is 0 Å². The predicted molar refractivity (Wildman–Crippen MR) is 107 cm³/mol. The number of aliphatic hydroxyl groups is 1. The van der Waals surface area contributed by atoms with Gasteiger partial charge in [0.25, 0.3) is 0 Å². The molecular formula is C23H34O3. The Labute approximate surface area is 158 Å². The Kier molecular flexibility index (Phi) is 9.47. The lowest BCUT2D eigenvalue weighted by Crippen LogP contribution is -1.93. The van der Waals surface area contributed by atoms with Crippen LogP contribution < -0.4 is 0 Å². The summed E-state index contributed by atoms with van der Waals surface area (Å²) >= 11 is 0. The Bertz CT molecular complexity index is 577. The van der Waals surface area contributed by atoms with Crippen LogP contribution in [0.3, 0.4) is 0 Å². The molecule has 2 N–H and O–H groups in total. The molecule has 1 atom stereocenters. The van der Waals surface area contributed by atoms with E-state index in [0.29, 0.717) is 6.42 Å². The zero-order chi connectivity index (χ0) is 18.6. The van der Waals surface area contributed by atoms with Crippen molar-refractivity contribution in [3.05, 3.63) is 41.5 Å². The number of unbranched alkanes of at least 4 members (excludes halogenated alkanes) is 10. The standard InChI is InChI=1S/C23H34O3/c24-22-18-19(20-15-12-13-16-21(20)22)14-10-8-6-4-2-1-3-5-7-9-11-17-23(25)26/h12-13,15-16,18,22,24H,1-11,14,17H2,(H,25,26). The van der Waals surface area contributed by atoms with Gasteiger partial charge < -0.3 is 10.2 Å². The summed E-state index contributed by atoms with van der Waals surface area (Å²) in [6, 6.07) is 8.19.